The Morgan fingerprint density at radius 1 is 1.00 bits per heavy atom. The second kappa shape index (κ2) is 12.0. The van der Waals surface area contributed by atoms with Crippen molar-refractivity contribution < 1.29 is 19.1 Å². The number of amides is 1. The molecule has 196 valence electrons. The number of benzene rings is 3. The van der Waals surface area contributed by atoms with Crippen LogP contribution in [0.3, 0.4) is 0 Å². The van der Waals surface area contributed by atoms with E-state index in [1.807, 2.05) is 55.5 Å². The van der Waals surface area contributed by atoms with Crippen molar-refractivity contribution in [3.8, 4) is 5.75 Å². The lowest BCUT2D eigenvalue weighted by Crippen LogP contribution is -2.35. The Morgan fingerprint density at radius 3 is 2.18 bits per heavy atom. The first kappa shape index (κ1) is 27.6. The van der Waals surface area contributed by atoms with Gasteiger partial charge >= 0.3 is 5.97 Å². The van der Waals surface area contributed by atoms with Crippen LogP contribution < -0.4 is 9.64 Å². The normalized spacial score (nSPS) is 14.4. The molecule has 0 radical (unpaired) electrons. The molecule has 0 aliphatic carbocycles. The summed E-state index contributed by atoms with van der Waals surface area (Å²) in [7, 11) is 1.28. The number of thiocarbonyl (C=S) groups is 1. The molecule has 1 saturated heterocycles. The van der Waals surface area contributed by atoms with E-state index < -0.39 is 5.97 Å². The largest absolute Gasteiger partial charge is 0.486 e. The number of halogens is 2. The Kier molecular flexibility index (Phi) is 8.72. The summed E-state index contributed by atoms with van der Waals surface area (Å²) in [6.45, 7) is 4.14. The molecular formula is C29H26Cl2N2O4S. The van der Waals surface area contributed by atoms with Gasteiger partial charge in [0.15, 0.2) is 10.9 Å². The van der Waals surface area contributed by atoms with E-state index in [-0.39, 0.29) is 33.3 Å². The summed E-state index contributed by atoms with van der Waals surface area (Å²) in [6.07, 6.45) is 2.46. The maximum Gasteiger partial charge on any atom is 0.325 e. The van der Waals surface area contributed by atoms with Crippen molar-refractivity contribution in [1.29, 1.82) is 0 Å². The van der Waals surface area contributed by atoms with Crippen molar-refractivity contribution in [3.63, 3.8) is 0 Å². The molecule has 1 aliphatic heterocycles. The van der Waals surface area contributed by atoms with Crippen LogP contribution in [0.5, 0.6) is 5.75 Å². The molecule has 6 nitrogen and oxygen atoms in total. The number of esters is 1. The van der Waals surface area contributed by atoms with Crippen LogP contribution >= 0.6 is 35.4 Å². The number of carbonyl (C=O) groups is 2. The Morgan fingerprint density at radius 2 is 1.61 bits per heavy atom. The molecule has 1 heterocycles. The van der Waals surface area contributed by atoms with Crippen molar-refractivity contribution in [2.75, 3.05) is 18.6 Å². The summed E-state index contributed by atoms with van der Waals surface area (Å²) in [4.78, 5) is 28.6. The molecule has 1 amide bonds. The summed E-state index contributed by atoms with van der Waals surface area (Å²) < 4.78 is 10.7. The SMILES string of the molecule is CCc1ccc(N2C(=O)/C(=C/c3cc(Cl)c(OCc4ccc(C)cc4)c(Cl)c3)N(CC(=O)OC)C2=S)cc1. The highest BCUT2D eigenvalue weighted by molar-refractivity contribution is 7.80. The van der Waals surface area contributed by atoms with E-state index >= 15 is 0 Å². The van der Waals surface area contributed by atoms with E-state index in [4.69, 9.17) is 44.9 Å². The van der Waals surface area contributed by atoms with Crippen molar-refractivity contribution in [2.24, 2.45) is 0 Å². The molecule has 0 bridgehead atoms. The summed E-state index contributed by atoms with van der Waals surface area (Å²) in [5.41, 5.74) is 4.60. The molecule has 0 unspecified atom stereocenters. The van der Waals surface area contributed by atoms with Gasteiger partial charge in [-0.2, -0.15) is 0 Å². The summed E-state index contributed by atoms with van der Waals surface area (Å²) in [5, 5.41) is 0.748. The van der Waals surface area contributed by atoms with E-state index in [9.17, 15) is 9.59 Å². The molecule has 0 atom stereocenters. The molecule has 4 rings (SSSR count). The van der Waals surface area contributed by atoms with Gasteiger partial charge in [-0.05, 0) is 72.6 Å². The molecular weight excluding hydrogens is 543 g/mol. The van der Waals surface area contributed by atoms with Gasteiger partial charge in [-0.3, -0.25) is 14.5 Å². The molecule has 9 heteroatoms. The lowest BCUT2D eigenvalue weighted by molar-refractivity contribution is -0.140. The zero-order chi connectivity index (χ0) is 27.4. The molecule has 0 aromatic heterocycles. The van der Waals surface area contributed by atoms with E-state index in [1.165, 1.54) is 16.9 Å². The van der Waals surface area contributed by atoms with Crippen LogP contribution in [0, 0.1) is 6.92 Å². The molecule has 0 saturated carbocycles. The van der Waals surface area contributed by atoms with Gasteiger partial charge in [0.25, 0.3) is 5.91 Å². The highest BCUT2D eigenvalue weighted by Crippen LogP contribution is 2.37. The fraction of sp³-hybridized carbons (Fsp3) is 0.207. The first-order chi connectivity index (χ1) is 18.2. The molecule has 0 N–H and O–H groups in total. The number of anilines is 1. The predicted octanol–water partition coefficient (Wildman–Crippen LogP) is 6.59. The van der Waals surface area contributed by atoms with E-state index in [0.717, 1.165) is 23.1 Å². The third-order valence-corrected chi connectivity index (χ3v) is 7.05. The number of hydrogen-bond donors (Lipinski definition) is 0. The van der Waals surface area contributed by atoms with Crippen LogP contribution in [0.1, 0.15) is 29.2 Å². The first-order valence-electron chi connectivity index (χ1n) is 11.9. The van der Waals surface area contributed by atoms with Crippen LogP contribution in [0.2, 0.25) is 10.0 Å². The number of ether oxygens (including phenoxy) is 2. The van der Waals surface area contributed by atoms with Crippen LogP contribution in [0.4, 0.5) is 5.69 Å². The standard InChI is InChI=1S/C29H26Cl2N2O4S/c1-4-19-9-11-22(12-10-19)33-28(35)25(32(29(33)38)16-26(34)36-3)15-21-13-23(30)27(24(31)14-21)37-17-20-7-5-18(2)6-8-20/h5-15H,4,16-17H2,1-3H3/b25-15-. The number of rotatable bonds is 8. The molecule has 3 aromatic carbocycles. The number of nitrogens with zero attached hydrogens (tertiary/aromatic N) is 2. The second-order valence-electron chi connectivity index (χ2n) is 8.72. The molecule has 38 heavy (non-hydrogen) atoms. The minimum Gasteiger partial charge on any atom is -0.486 e. The van der Waals surface area contributed by atoms with Crippen LogP contribution in [0.25, 0.3) is 6.08 Å². The Bertz CT molecular complexity index is 1380. The number of aryl methyl sites for hydroxylation is 2. The van der Waals surface area contributed by atoms with Gasteiger partial charge in [-0.15, -0.1) is 0 Å². The van der Waals surface area contributed by atoms with E-state index in [1.54, 1.807) is 18.2 Å². The third-order valence-electron chi connectivity index (χ3n) is 6.08. The van der Waals surface area contributed by atoms with Gasteiger partial charge in [0.1, 0.15) is 18.8 Å². The van der Waals surface area contributed by atoms with Crippen molar-refractivity contribution >= 4 is 64.2 Å². The Balaban J connectivity index is 1.65. The monoisotopic (exact) mass is 568 g/mol. The Labute approximate surface area is 237 Å². The maximum atomic E-state index is 13.6. The van der Waals surface area contributed by atoms with Crippen molar-refractivity contribution in [3.05, 3.63) is 98.7 Å². The van der Waals surface area contributed by atoms with Gasteiger partial charge in [0.2, 0.25) is 0 Å². The minimum atomic E-state index is -0.537. The van der Waals surface area contributed by atoms with E-state index in [0.29, 0.717) is 23.6 Å². The average molecular weight is 570 g/mol. The number of carbonyl (C=O) groups excluding carboxylic acids is 2. The van der Waals surface area contributed by atoms with Crippen molar-refractivity contribution in [2.45, 2.75) is 26.9 Å². The second-order valence-corrected chi connectivity index (χ2v) is 9.90. The van der Waals surface area contributed by atoms with Gasteiger partial charge in [-0.25, -0.2) is 0 Å². The smallest absolute Gasteiger partial charge is 0.325 e. The van der Waals surface area contributed by atoms with Crippen LogP contribution in [-0.4, -0.2) is 35.5 Å². The molecule has 3 aromatic rings. The van der Waals surface area contributed by atoms with Crippen LogP contribution in [-0.2, 0) is 27.4 Å². The van der Waals surface area contributed by atoms with Gasteiger partial charge in [0, 0.05) is 0 Å². The fourth-order valence-electron chi connectivity index (χ4n) is 3.93. The quantitative estimate of drug-likeness (QED) is 0.173. The van der Waals surface area contributed by atoms with Crippen molar-refractivity contribution in [1.82, 2.24) is 4.90 Å². The van der Waals surface area contributed by atoms with Gasteiger partial charge in [-0.1, -0.05) is 72.1 Å². The van der Waals surface area contributed by atoms with E-state index in [2.05, 4.69) is 6.92 Å². The van der Waals surface area contributed by atoms with Gasteiger partial charge < -0.3 is 14.4 Å². The highest BCUT2D eigenvalue weighted by Gasteiger charge is 2.40. The zero-order valence-electron chi connectivity index (χ0n) is 21.2. The number of methoxy groups -OCH3 is 1. The predicted molar refractivity (Wildman–Crippen MR) is 155 cm³/mol. The fourth-order valence-corrected chi connectivity index (χ4v) is 4.90. The third kappa shape index (κ3) is 6.01. The topological polar surface area (TPSA) is 59.1 Å². The van der Waals surface area contributed by atoms with Crippen LogP contribution in [0.15, 0.2) is 66.4 Å². The summed E-state index contributed by atoms with van der Waals surface area (Å²) in [5.74, 6) is -0.575. The number of hydrogen-bond acceptors (Lipinski definition) is 5. The summed E-state index contributed by atoms with van der Waals surface area (Å²) >= 11 is 18.7. The minimum absolute atomic E-state index is 0.172. The molecule has 1 aliphatic rings. The molecule has 1 fully saturated rings. The summed E-state index contributed by atoms with van der Waals surface area (Å²) in [6, 6.07) is 18.8. The zero-order valence-corrected chi connectivity index (χ0v) is 23.5. The average Bonchev–Trinajstić information content (AvgIpc) is 3.13. The first-order valence-corrected chi connectivity index (χ1v) is 13.1. The lowest BCUT2D eigenvalue weighted by atomic mass is 10.1. The Hall–Kier alpha value is -3.39. The molecule has 0 spiro atoms. The maximum absolute atomic E-state index is 13.6. The van der Waals surface area contributed by atoms with Gasteiger partial charge in [0.05, 0.1) is 22.8 Å². The lowest BCUT2D eigenvalue weighted by Gasteiger charge is -2.19. The highest BCUT2D eigenvalue weighted by atomic mass is 35.5.